The standard InChI is InChI=1S/C17H24N2O2/c1-11-7-12(2)13(3)15(8-11)21-16-19-14(10-20-16)9-18-17(4,5)6/h7-8,10,18H,9H2,1-6H3. The van der Waals surface area contributed by atoms with Crippen molar-refractivity contribution in [1.29, 1.82) is 0 Å². The third kappa shape index (κ3) is 4.33. The largest absolute Gasteiger partial charge is 0.417 e. The molecule has 1 N–H and O–H groups in total. The van der Waals surface area contributed by atoms with Crippen molar-refractivity contribution >= 4 is 0 Å². The van der Waals surface area contributed by atoms with Crippen molar-refractivity contribution in [1.82, 2.24) is 10.3 Å². The number of ether oxygens (including phenoxy) is 1. The van der Waals surface area contributed by atoms with Crippen molar-refractivity contribution in [3.8, 4) is 11.8 Å². The molecule has 1 aromatic heterocycles. The molecule has 4 heteroatoms. The van der Waals surface area contributed by atoms with Gasteiger partial charge in [-0.2, -0.15) is 4.98 Å². The average molecular weight is 288 g/mol. The van der Waals surface area contributed by atoms with Crippen molar-refractivity contribution in [3.05, 3.63) is 40.8 Å². The Bertz CT molecular complexity index is 624. The van der Waals surface area contributed by atoms with Crippen LogP contribution in [0.5, 0.6) is 11.8 Å². The Labute approximate surface area is 126 Å². The molecule has 0 saturated carbocycles. The van der Waals surface area contributed by atoms with Gasteiger partial charge >= 0.3 is 6.08 Å². The van der Waals surface area contributed by atoms with E-state index in [2.05, 4.69) is 44.1 Å². The van der Waals surface area contributed by atoms with Crippen LogP contribution in [-0.4, -0.2) is 10.5 Å². The molecule has 21 heavy (non-hydrogen) atoms. The lowest BCUT2D eigenvalue weighted by atomic mass is 10.1. The van der Waals surface area contributed by atoms with Crippen molar-refractivity contribution < 1.29 is 9.15 Å². The van der Waals surface area contributed by atoms with E-state index in [1.807, 2.05) is 19.9 Å². The van der Waals surface area contributed by atoms with Crippen LogP contribution in [0.15, 0.2) is 22.8 Å². The minimum absolute atomic E-state index is 0.0458. The number of hydrogen-bond acceptors (Lipinski definition) is 4. The first-order valence-corrected chi connectivity index (χ1v) is 7.20. The van der Waals surface area contributed by atoms with Gasteiger partial charge in [-0.25, -0.2) is 0 Å². The molecule has 0 atom stereocenters. The first-order chi connectivity index (χ1) is 9.74. The second-order valence-electron chi connectivity index (χ2n) is 6.52. The van der Waals surface area contributed by atoms with Gasteiger partial charge in [0.15, 0.2) is 0 Å². The normalized spacial score (nSPS) is 11.7. The number of aromatic nitrogens is 1. The van der Waals surface area contributed by atoms with Gasteiger partial charge in [0.1, 0.15) is 12.0 Å². The summed E-state index contributed by atoms with van der Waals surface area (Å²) in [4.78, 5) is 4.36. The van der Waals surface area contributed by atoms with E-state index in [9.17, 15) is 0 Å². The fraction of sp³-hybridized carbons (Fsp3) is 0.471. The minimum atomic E-state index is 0.0458. The molecule has 4 nitrogen and oxygen atoms in total. The van der Waals surface area contributed by atoms with Crippen LogP contribution >= 0.6 is 0 Å². The van der Waals surface area contributed by atoms with Crippen LogP contribution in [0.25, 0.3) is 0 Å². The quantitative estimate of drug-likeness (QED) is 0.912. The average Bonchev–Trinajstić information content (AvgIpc) is 2.80. The summed E-state index contributed by atoms with van der Waals surface area (Å²) in [5, 5.41) is 3.37. The van der Waals surface area contributed by atoms with Gasteiger partial charge in [-0.3, -0.25) is 0 Å². The van der Waals surface area contributed by atoms with E-state index in [-0.39, 0.29) is 11.6 Å². The van der Waals surface area contributed by atoms with Crippen molar-refractivity contribution in [3.63, 3.8) is 0 Å². The number of nitrogens with zero attached hydrogens (tertiary/aromatic N) is 1. The number of aryl methyl sites for hydroxylation is 2. The van der Waals surface area contributed by atoms with E-state index in [1.165, 1.54) is 5.56 Å². The van der Waals surface area contributed by atoms with Gasteiger partial charge in [0.25, 0.3) is 0 Å². The Morgan fingerprint density at radius 3 is 2.57 bits per heavy atom. The molecule has 0 bridgehead atoms. The number of nitrogens with one attached hydrogen (secondary N) is 1. The van der Waals surface area contributed by atoms with E-state index < -0.39 is 0 Å². The zero-order valence-corrected chi connectivity index (χ0v) is 13.7. The SMILES string of the molecule is Cc1cc(C)c(C)c(Oc2nc(CNC(C)(C)C)co2)c1. The molecule has 0 aliphatic rings. The molecule has 0 aliphatic carbocycles. The minimum Gasteiger partial charge on any atom is -0.417 e. The van der Waals surface area contributed by atoms with Gasteiger partial charge in [-0.05, 0) is 64.3 Å². The van der Waals surface area contributed by atoms with Crippen LogP contribution in [-0.2, 0) is 6.54 Å². The lowest BCUT2D eigenvalue weighted by Gasteiger charge is -2.19. The second kappa shape index (κ2) is 5.90. The van der Waals surface area contributed by atoms with Gasteiger partial charge in [0, 0.05) is 12.1 Å². The molecule has 0 saturated heterocycles. The maximum atomic E-state index is 5.78. The van der Waals surface area contributed by atoms with E-state index in [1.54, 1.807) is 6.26 Å². The molecule has 2 rings (SSSR count). The van der Waals surface area contributed by atoms with Gasteiger partial charge < -0.3 is 14.5 Å². The van der Waals surface area contributed by atoms with E-state index in [4.69, 9.17) is 9.15 Å². The fourth-order valence-electron chi connectivity index (χ4n) is 1.97. The summed E-state index contributed by atoms with van der Waals surface area (Å²) < 4.78 is 11.2. The molecule has 0 amide bonds. The van der Waals surface area contributed by atoms with Gasteiger partial charge in [0.05, 0.1) is 5.69 Å². The highest BCUT2D eigenvalue weighted by molar-refractivity contribution is 5.42. The molecular formula is C17H24N2O2. The Morgan fingerprint density at radius 2 is 1.90 bits per heavy atom. The molecule has 0 spiro atoms. The highest BCUT2D eigenvalue weighted by Crippen LogP contribution is 2.28. The molecule has 0 aliphatic heterocycles. The van der Waals surface area contributed by atoms with Crippen molar-refractivity contribution in [2.75, 3.05) is 0 Å². The molecule has 0 fully saturated rings. The fourth-order valence-corrected chi connectivity index (χ4v) is 1.97. The zero-order chi connectivity index (χ0) is 15.6. The van der Waals surface area contributed by atoms with E-state index in [0.717, 1.165) is 22.6 Å². The lowest BCUT2D eigenvalue weighted by molar-refractivity contribution is 0.329. The molecule has 0 radical (unpaired) electrons. The molecule has 114 valence electrons. The summed E-state index contributed by atoms with van der Waals surface area (Å²) >= 11 is 0. The molecule has 2 aromatic rings. The first kappa shape index (κ1) is 15.6. The van der Waals surface area contributed by atoms with E-state index >= 15 is 0 Å². The van der Waals surface area contributed by atoms with Crippen LogP contribution in [0, 0.1) is 20.8 Å². The zero-order valence-electron chi connectivity index (χ0n) is 13.7. The predicted molar refractivity (Wildman–Crippen MR) is 83.8 cm³/mol. The summed E-state index contributed by atoms with van der Waals surface area (Å²) in [6, 6.07) is 4.13. The topological polar surface area (TPSA) is 47.3 Å². The summed E-state index contributed by atoms with van der Waals surface area (Å²) in [7, 11) is 0. The summed E-state index contributed by atoms with van der Waals surface area (Å²) in [6.07, 6.45) is 1.92. The van der Waals surface area contributed by atoms with Gasteiger partial charge in [-0.15, -0.1) is 0 Å². The second-order valence-corrected chi connectivity index (χ2v) is 6.52. The van der Waals surface area contributed by atoms with Crippen molar-refractivity contribution in [2.45, 2.75) is 53.6 Å². The van der Waals surface area contributed by atoms with Gasteiger partial charge in [0.2, 0.25) is 0 Å². The third-order valence-corrected chi connectivity index (χ3v) is 3.29. The van der Waals surface area contributed by atoms with Crippen LogP contribution < -0.4 is 10.1 Å². The van der Waals surface area contributed by atoms with Crippen LogP contribution in [0.4, 0.5) is 0 Å². The van der Waals surface area contributed by atoms with Gasteiger partial charge in [-0.1, -0.05) is 6.07 Å². The first-order valence-electron chi connectivity index (χ1n) is 7.20. The van der Waals surface area contributed by atoms with Crippen LogP contribution in [0.1, 0.15) is 43.2 Å². The maximum Gasteiger partial charge on any atom is 0.399 e. The number of oxazole rings is 1. The number of hydrogen-bond donors (Lipinski definition) is 1. The Morgan fingerprint density at radius 1 is 1.19 bits per heavy atom. The molecule has 1 aromatic carbocycles. The summed E-state index contributed by atoms with van der Waals surface area (Å²) in [5.74, 6) is 0.796. The Kier molecular flexibility index (Phi) is 4.37. The third-order valence-electron chi connectivity index (χ3n) is 3.29. The Hall–Kier alpha value is -1.81. The predicted octanol–water partition coefficient (Wildman–Crippen LogP) is 4.28. The Balaban J connectivity index is 2.09. The van der Waals surface area contributed by atoms with Crippen molar-refractivity contribution in [2.24, 2.45) is 0 Å². The summed E-state index contributed by atoms with van der Waals surface area (Å²) in [5.41, 5.74) is 4.35. The lowest BCUT2D eigenvalue weighted by Crippen LogP contribution is -2.35. The molecular weight excluding hydrogens is 264 g/mol. The summed E-state index contributed by atoms with van der Waals surface area (Å²) in [6.45, 7) is 13.2. The number of rotatable bonds is 4. The van der Waals surface area contributed by atoms with Crippen LogP contribution in [0.2, 0.25) is 0 Å². The highest BCUT2D eigenvalue weighted by atomic mass is 16.6. The van der Waals surface area contributed by atoms with Crippen LogP contribution in [0.3, 0.4) is 0 Å². The monoisotopic (exact) mass is 288 g/mol. The smallest absolute Gasteiger partial charge is 0.399 e. The number of benzene rings is 1. The van der Waals surface area contributed by atoms with E-state index in [0.29, 0.717) is 6.54 Å². The molecule has 1 heterocycles. The molecule has 0 unspecified atom stereocenters. The maximum absolute atomic E-state index is 5.78. The highest BCUT2D eigenvalue weighted by Gasteiger charge is 2.13.